The molecule has 0 amide bonds. The molecule has 72 heavy (non-hydrogen) atoms. The van der Waals surface area contributed by atoms with E-state index < -0.39 is 57.8 Å². The van der Waals surface area contributed by atoms with Crippen LogP contribution in [-0.2, 0) is 42.2 Å². The minimum atomic E-state index is -4.76. The number of hydrogen-bond donors (Lipinski definition) is 2. The van der Waals surface area contributed by atoms with Crippen molar-refractivity contribution in [2.45, 2.75) is 264 Å². The number of carbonyl (C=O) groups is 3. The van der Waals surface area contributed by atoms with E-state index in [2.05, 4.69) is 93.7 Å². The van der Waals surface area contributed by atoms with E-state index in [1.807, 2.05) is 0 Å². The van der Waals surface area contributed by atoms with Gasteiger partial charge in [0.25, 0.3) is 0 Å². The molecule has 0 fully saturated rings. The van der Waals surface area contributed by atoms with Crippen LogP contribution in [0.2, 0.25) is 0 Å². The summed E-state index contributed by atoms with van der Waals surface area (Å²) >= 11 is 0. The van der Waals surface area contributed by atoms with E-state index >= 15 is 0 Å². The minimum absolute atomic E-state index is 0.153. The van der Waals surface area contributed by atoms with Gasteiger partial charge >= 0.3 is 25.7 Å². The van der Waals surface area contributed by atoms with Crippen molar-refractivity contribution in [1.29, 1.82) is 0 Å². The number of phosphoric acid groups is 1. The molecule has 0 aliphatic carbocycles. The van der Waals surface area contributed by atoms with Gasteiger partial charge in [0.1, 0.15) is 12.7 Å². The fourth-order valence-corrected chi connectivity index (χ4v) is 8.47. The molecule has 0 radical (unpaired) electrons. The summed E-state index contributed by atoms with van der Waals surface area (Å²) in [6.07, 6.45) is 60.0. The molecule has 0 rings (SSSR count). The summed E-state index contributed by atoms with van der Waals surface area (Å²) in [5, 5.41) is 9.80. The lowest BCUT2D eigenvalue weighted by Gasteiger charge is -2.21. The number of ether oxygens (including phenoxy) is 3. The lowest BCUT2D eigenvalue weighted by atomic mass is 10.1. The molecule has 416 valence electrons. The summed E-state index contributed by atoms with van der Waals surface area (Å²) in [6.45, 7) is 4.46. The maximum Gasteiger partial charge on any atom is 0.472 e. The van der Waals surface area contributed by atoms with Gasteiger partial charge in [0.15, 0.2) is 6.10 Å². The van der Waals surface area contributed by atoms with E-state index in [0.717, 1.165) is 128 Å². The number of esters is 3. The maximum atomic E-state index is 12.9. The van der Waals surface area contributed by atoms with Gasteiger partial charge in [-0.2, -0.15) is 0 Å². The Hall–Kier alpha value is -3.08. The van der Waals surface area contributed by atoms with Gasteiger partial charge in [-0.25, -0.2) is 4.57 Å². The largest absolute Gasteiger partial charge is 0.472 e. The third-order valence-electron chi connectivity index (χ3n) is 12.1. The number of phosphoric ester groups is 1. The molecular formula is C60H105O11P. The number of unbranched alkanes of at least 4 members (excludes halogenated alkanes) is 24. The predicted octanol–water partition coefficient (Wildman–Crippen LogP) is 16.9. The Labute approximate surface area is 439 Å². The van der Waals surface area contributed by atoms with Gasteiger partial charge in [0.05, 0.1) is 19.8 Å². The van der Waals surface area contributed by atoms with Crippen molar-refractivity contribution in [3.63, 3.8) is 0 Å². The molecule has 0 saturated carbocycles. The minimum Gasteiger partial charge on any atom is -0.462 e. The van der Waals surface area contributed by atoms with E-state index in [0.29, 0.717) is 19.3 Å². The van der Waals surface area contributed by atoms with Crippen molar-refractivity contribution >= 4 is 25.7 Å². The Kier molecular flexibility index (Phi) is 51.9. The highest BCUT2D eigenvalue weighted by atomic mass is 31.2. The molecule has 0 spiro atoms. The first-order valence-electron chi connectivity index (χ1n) is 28.8. The van der Waals surface area contributed by atoms with Crippen LogP contribution in [-0.4, -0.2) is 66.5 Å². The van der Waals surface area contributed by atoms with Gasteiger partial charge in [-0.1, -0.05) is 196 Å². The molecular weight excluding hydrogens is 928 g/mol. The Bertz CT molecular complexity index is 1490. The van der Waals surface area contributed by atoms with Gasteiger partial charge in [-0.15, -0.1) is 0 Å². The Morgan fingerprint density at radius 3 is 1.15 bits per heavy atom. The van der Waals surface area contributed by atoms with E-state index in [9.17, 15) is 28.9 Å². The normalized spacial score (nSPS) is 13.9. The molecule has 0 heterocycles. The van der Waals surface area contributed by atoms with Crippen LogP contribution in [0.1, 0.15) is 252 Å². The zero-order valence-corrected chi connectivity index (χ0v) is 46.8. The van der Waals surface area contributed by atoms with Gasteiger partial charge in [-0.3, -0.25) is 23.4 Å². The smallest absolute Gasteiger partial charge is 0.462 e. The highest BCUT2D eigenvalue weighted by Crippen LogP contribution is 2.43. The Morgan fingerprint density at radius 2 is 0.722 bits per heavy atom. The highest BCUT2D eigenvalue weighted by molar-refractivity contribution is 7.47. The third kappa shape index (κ3) is 51.8. The van der Waals surface area contributed by atoms with Gasteiger partial charge in [-0.05, 0) is 109 Å². The van der Waals surface area contributed by atoms with Crippen LogP contribution in [0, 0.1) is 0 Å². The molecule has 3 unspecified atom stereocenters. The zero-order valence-electron chi connectivity index (χ0n) is 45.9. The standard InChI is InChI=1S/C60H105O11P/c1-4-7-10-13-16-19-22-25-27-28-30-33-36-39-42-45-48-51-60(64)71-57(53-67-58(62)49-46-43-40-37-34-32-29-26-23-20-17-14-11-8-5-2)55-69-72(65,66)68-54-56(52-61)70-59(63)50-47-44-41-38-35-31-24-21-18-15-12-9-6-3/h8,11,16-17,19-21,24-27,29,56-57,61H,4-7,9-10,12-15,18,22-23,28,30-55H2,1-3H3,(H,65,66)/b11-8-,19-16-,20-17-,24-21-,27-25-,29-26-. The molecule has 12 heteroatoms. The Balaban J connectivity index is 4.77. The predicted molar refractivity (Wildman–Crippen MR) is 298 cm³/mol. The van der Waals surface area contributed by atoms with Crippen LogP contribution in [0.15, 0.2) is 72.9 Å². The number of aliphatic hydroxyl groups excluding tert-OH is 1. The summed E-state index contributed by atoms with van der Waals surface area (Å²) in [6, 6.07) is 0. The van der Waals surface area contributed by atoms with Crippen molar-refractivity contribution in [3.8, 4) is 0 Å². The van der Waals surface area contributed by atoms with Crippen LogP contribution < -0.4 is 0 Å². The van der Waals surface area contributed by atoms with Gasteiger partial charge < -0.3 is 24.2 Å². The second-order valence-corrected chi connectivity index (χ2v) is 20.5. The van der Waals surface area contributed by atoms with Crippen molar-refractivity contribution in [2.24, 2.45) is 0 Å². The van der Waals surface area contributed by atoms with Crippen molar-refractivity contribution < 1.29 is 52.2 Å². The molecule has 0 aromatic heterocycles. The summed E-state index contributed by atoms with van der Waals surface area (Å²) in [5.41, 5.74) is 0. The molecule has 0 aliphatic heterocycles. The van der Waals surface area contributed by atoms with Crippen LogP contribution in [0.25, 0.3) is 0 Å². The first kappa shape index (κ1) is 68.9. The van der Waals surface area contributed by atoms with Crippen LogP contribution in [0.5, 0.6) is 0 Å². The van der Waals surface area contributed by atoms with Crippen LogP contribution in [0.4, 0.5) is 0 Å². The number of allylic oxidation sites excluding steroid dienone is 12. The summed E-state index contributed by atoms with van der Waals surface area (Å²) < 4.78 is 39.5. The average molecular weight is 1030 g/mol. The van der Waals surface area contributed by atoms with Gasteiger partial charge in [0.2, 0.25) is 0 Å². The lowest BCUT2D eigenvalue weighted by molar-refractivity contribution is -0.161. The monoisotopic (exact) mass is 1030 g/mol. The molecule has 11 nitrogen and oxygen atoms in total. The second-order valence-electron chi connectivity index (χ2n) is 19.1. The van der Waals surface area contributed by atoms with Crippen molar-refractivity contribution in [1.82, 2.24) is 0 Å². The SMILES string of the molecule is CC/C=C\C/C=C\C/C=C\CCCCCCCC(=O)OCC(COP(=O)(O)OCC(CO)OC(=O)CCCCCCC/C=C\CCCCCC)OC(=O)CCCCCCCCC/C=C\C/C=C\CCCCC. The van der Waals surface area contributed by atoms with Gasteiger partial charge in [0, 0.05) is 19.3 Å². The third-order valence-corrected chi connectivity index (χ3v) is 13.0. The molecule has 3 atom stereocenters. The molecule has 0 saturated heterocycles. The van der Waals surface area contributed by atoms with Crippen LogP contribution >= 0.6 is 7.82 Å². The lowest BCUT2D eigenvalue weighted by Crippen LogP contribution is -2.30. The molecule has 0 aliphatic rings. The summed E-state index contributed by atoms with van der Waals surface area (Å²) in [4.78, 5) is 48.5. The second kappa shape index (κ2) is 54.2. The first-order chi connectivity index (χ1) is 35.2. The Morgan fingerprint density at radius 1 is 0.403 bits per heavy atom. The average Bonchev–Trinajstić information content (AvgIpc) is 3.37. The quantitative estimate of drug-likeness (QED) is 0.0197. The van der Waals surface area contributed by atoms with Crippen molar-refractivity contribution in [2.75, 3.05) is 26.4 Å². The molecule has 0 bridgehead atoms. The van der Waals surface area contributed by atoms with Crippen molar-refractivity contribution in [3.05, 3.63) is 72.9 Å². The van der Waals surface area contributed by atoms with Crippen LogP contribution in [0.3, 0.4) is 0 Å². The fourth-order valence-electron chi connectivity index (χ4n) is 7.69. The number of rotatable bonds is 53. The highest BCUT2D eigenvalue weighted by Gasteiger charge is 2.28. The fraction of sp³-hybridized carbons (Fsp3) is 0.750. The molecule has 0 aromatic carbocycles. The molecule has 2 N–H and O–H groups in total. The van der Waals surface area contributed by atoms with E-state index in [1.54, 1.807) is 0 Å². The zero-order chi connectivity index (χ0) is 52.7. The topological polar surface area (TPSA) is 155 Å². The first-order valence-corrected chi connectivity index (χ1v) is 30.3. The molecule has 0 aromatic rings. The van der Waals surface area contributed by atoms with E-state index in [-0.39, 0.29) is 25.9 Å². The summed E-state index contributed by atoms with van der Waals surface area (Å²) in [7, 11) is -4.76. The van der Waals surface area contributed by atoms with E-state index in [1.165, 1.54) is 64.2 Å². The number of carbonyl (C=O) groups excluding carboxylic acids is 3. The number of aliphatic hydroxyl groups is 1. The maximum absolute atomic E-state index is 12.9. The number of hydrogen-bond acceptors (Lipinski definition) is 10. The summed E-state index contributed by atoms with van der Waals surface area (Å²) in [5.74, 6) is -1.50. The van der Waals surface area contributed by atoms with E-state index in [4.69, 9.17) is 23.3 Å².